The molecule has 61 valence electrons. The molecule has 0 aromatic carbocycles. The molecule has 0 aromatic heterocycles. The van der Waals surface area contributed by atoms with Gasteiger partial charge in [0.1, 0.15) is 0 Å². The fourth-order valence-electron chi connectivity index (χ4n) is 0. The van der Waals surface area contributed by atoms with E-state index in [-0.39, 0.29) is 5.96 Å². The molecule has 7 nitrogen and oxygen atoms in total. The molecule has 0 aliphatic heterocycles. The van der Waals surface area contributed by atoms with Crippen molar-refractivity contribution < 1.29 is 15.1 Å². The van der Waals surface area contributed by atoms with Crippen LogP contribution in [0.1, 0.15) is 6.92 Å². The number of carboxylic acid groups (broad SMARTS) is 1. The molecule has 0 aliphatic rings. The summed E-state index contributed by atoms with van der Waals surface area (Å²) >= 11 is 0. The van der Waals surface area contributed by atoms with Crippen LogP contribution in [0.25, 0.3) is 0 Å². The Bertz CT molecular complexity index is 73.7. The molecule has 0 saturated carbocycles. The van der Waals surface area contributed by atoms with Gasteiger partial charge in [-0.2, -0.15) is 5.90 Å². The average molecular weight is 151 g/mol. The molecule has 0 aliphatic carbocycles. The number of nitrogens with one attached hydrogen (secondary N) is 1. The quantitative estimate of drug-likeness (QED) is 0.157. The van der Waals surface area contributed by atoms with E-state index in [2.05, 4.69) is 17.4 Å². The van der Waals surface area contributed by atoms with Gasteiger partial charge < -0.3 is 16.6 Å². The summed E-state index contributed by atoms with van der Waals surface area (Å²) in [5.74, 6) is 2.08. The van der Waals surface area contributed by atoms with E-state index in [1.54, 1.807) is 0 Å². The van der Waals surface area contributed by atoms with Gasteiger partial charge in [0.2, 0.25) is 0 Å². The van der Waals surface area contributed by atoms with Crippen molar-refractivity contribution in [1.82, 2.24) is 0 Å². The Morgan fingerprint density at radius 2 is 1.40 bits per heavy atom. The fraction of sp³-hybridized carbons (Fsp3) is 0.333. The van der Waals surface area contributed by atoms with Crippen molar-refractivity contribution in [3.05, 3.63) is 0 Å². The summed E-state index contributed by atoms with van der Waals surface area (Å²) in [6.07, 6.45) is 0. The maximum absolute atomic E-state index is 9.00. The first-order chi connectivity index (χ1) is 4.46. The number of rotatable bonds is 0. The zero-order valence-electron chi connectivity index (χ0n) is 5.50. The summed E-state index contributed by atoms with van der Waals surface area (Å²) in [6.45, 7) is 1.08. The summed E-state index contributed by atoms with van der Waals surface area (Å²) in [5.41, 5.74) is 8.94. The molecule has 0 amide bonds. The summed E-state index contributed by atoms with van der Waals surface area (Å²) < 4.78 is 0. The fourth-order valence-corrected chi connectivity index (χ4v) is 0. The van der Waals surface area contributed by atoms with Crippen molar-refractivity contribution in [2.45, 2.75) is 6.92 Å². The monoisotopic (exact) mass is 151 g/mol. The van der Waals surface area contributed by atoms with Crippen LogP contribution in [-0.4, -0.2) is 17.0 Å². The van der Waals surface area contributed by atoms with E-state index < -0.39 is 5.97 Å². The van der Waals surface area contributed by atoms with Crippen molar-refractivity contribution >= 4 is 11.9 Å². The highest BCUT2D eigenvalue weighted by molar-refractivity contribution is 5.71. The minimum Gasteiger partial charge on any atom is -0.481 e. The zero-order valence-corrected chi connectivity index (χ0v) is 5.50. The number of nitrogens with two attached hydrogens (primary N) is 3. The van der Waals surface area contributed by atoms with E-state index in [0.717, 1.165) is 6.92 Å². The van der Waals surface area contributed by atoms with Crippen molar-refractivity contribution in [2.75, 3.05) is 0 Å². The van der Waals surface area contributed by atoms with Gasteiger partial charge in [-0.1, -0.05) is 0 Å². The van der Waals surface area contributed by atoms with Gasteiger partial charge in [0.05, 0.1) is 0 Å². The molecule has 0 atom stereocenters. The van der Waals surface area contributed by atoms with Crippen molar-refractivity contribution in [2.24, 2.45) is 17.4 Å². The number of hydrogen-bond donors (Lipinski definition) is 5. The standard InChI is InChI=1S/C2H4O2.CH5N3.H2NO/c1-2(3)4;2-1(3)4;1-2/h1H3,(H,3,4);(H5,2,3,4);1H2. The third kappa shape index (κ3) is 119. The van der Waals surface area contributed by atoms with Crippen LogP contribution in [0.4, 0.5) is 0 Å². The predicted molar refractivity (Wildman–Crippen MR) is 34.3 cm³/mol. The van der Waals surface area contributed by atoms with E-state index in [0.29, 0.717) is 0 Å². The van der Waals surface area contributed by atoms with E-state index >= 15 is 0 Å². The third-order valence-electron chi connectivity index (χ3n) is 0. The van der Waals surface area contributed by atoms with Gasteiger partial charge >= 0.3 is 0 Å². The molecule has 0 bridgehead atoms. The minimum absolute atomic E-state index is 0.333. The van der Waals surface area contributed by atoms with E-state index in [1.165, 1.54) is 0 Å². The second-order valence-corrected chi connectivity index (χ2v) is 0.974. The smallest absolute Gasteiger partial charge is 0.300 e. The van der Waals surface area contributed by atoms with Crippen LogP contribution >= 0.6 is 0 Å². The molecule has 0 saturated heterocycles. The topological polar surface area (TPSA) is 159 Å². The van der Waals surface area contributed by atoms with Crippen LogP contribution in [-0.2, 0) is 10.0 Å². The molecule has 0 heterocycles. The summed E-state index contributed by atoms with van der Waals surface area (Å²) in [7, 11) is 0. The Balaban J connectivity index is -0.0000000787. The molecule has 7 heteroatoms. The largest absolute Gasteiger partial charge is 0.481 e. The number of guanidine groups is 1. The van der Waals surface area contributed by atoms with E-state index in [4.69, 9.17) is 20.5 Å². The number of hydrogen-bond acceptors (Lipinski definition) is 3. The summed E-state index contributed by atoms with van der Waals surface area (Å²) in [4.78, 5) is 9.00. The molecule has 0 fully saturated rings. The lowest BCUT2D eigenvalue weighted by Gasteiger charge is -1.69. The van der Waals surface area contributed by atoms with Gasteiger partial charge in [0, 0.05) is 6.92 Å². The minimum atomic E-state index is -0.833. The molecule has 0 rings (SSSR count). The first kappa shape index (κ1) is 15.9. The second-order valence-electron chi connectivity index (χ2n) is 0.974. The van der Waals surface area contributed by atoms with Crippen LogP contribution in [0.15, 0.2) is 0 Å². The van der Waals surface area contributed by atoms with Crippen LogP contribution < -0.4 is 17.4 Å². The Morgan fingerprint density at radius 3 is 1.40 bits per heavy atom. The lowest BCUT2D eigenvalue weighted by Crippen LogP contribution is -2.20. The maximum Gasteiger partial charge on any atom is 0.300 e. The number of carbonyl (C=O) groups is 1. The second kappa shape index (κ2) is 15.6. The molecule has 0 spiro atoms. The van der Waals surface area contributed by atoms with Gasteiger partial charge in [-0.15, -0.1) is 5.21 Å². The Hall–Kier alpha value is -1.34. The zero-order chi connectivity index (χ0) is 9.15. The van der Waals surface area contributed by atoms with E-state index in [9.17, 15) is 0 Å². The average Bonchev–Trinajstić information content (AvgIpc) is 1.66. The lowest BCUT2D eigenvalue weighted by molar-refractivity contribution is -0.134. The first-order valence-electron chi connectivity index (χ1n) is 1.99. The Kier molecular flexibility index (Phi) is 24.8. The maximum atomic E-state index is 9.00. The molecule has 0 unspecified atom stereocenters. The Morgan fingerprint density at radius 1 is 1.40 bits per heavy atom. The SMILES string of the molecule is CC(=O)O.N=C(N)N.N[O]. The lowest BCUT2D eigenvalue weighted by atomic mass is 10.9. The highest BCUT2D eigenvalue weighted by atomic mass is 16.4. The highest BCUT2D eigenvalue weighted by Crippen LogP contribution is 1.42. The van der Waals surface area contributed by atoms with Gasteiger partial charge in [-0.25, -0.2) is 0 Å². The van der Waals surface area contributed by atoms with Gasteiger partial charge in [-0.05, 0) is 0 Å². The first-order valence-corrected chi connectivity index (χ1v) is 1.99. The molecular formula is C3H11N4O3. The van der Waals surface area contributed by atoms with Crippen LogP contribution in [0.2, 0.25) is 0 Å². The molecular weight excluding hydrogens is 140 g/mol. The van der Waals surface area contributed by atoms with Crippen molar-refractivity contribution in [3.63, 3.8) is 0 Å². The van der Waals surface area contributed by atoms with Gasteiger partial charge in [0.25, 0.3) is 5.97 Å². The van der Waals surface area contributed by atoms with Crippen LogP contribution in [0.3, 0.4) is 0 Å². The number of carboxylic acids is 1. The van der Waals surface area contributed by atoms with Crippen molar-refractivity contribution in [1.29, 1.82) is 5.41 Å². The van der Waals surface area contributed by atoms with Crippen molar-refractivity contribution in [3.8, 4) is 0 Å². The molecule has 8 N–H and O–H groups in total. The molecule has 0 aromatic rings. The Labute approximate surface area is 57.9 Å². The third-order valence-corrected chi connectivity index (χ3v) is 0. The van der Waals surface area contributed by atoms with Crippen LogP contribution in [0, 0.1) is 5.41 Å². The van der Waals surface area contributed by atoms with Gasteiger partial charge in [0.15, 0.2) is 5.96 Å². The molecule has 10 heavy (non-hydrogen) atoms. The normalized spacial score (nSPS) is 5.50. The van der Waals surface area contributed by atoms with Crippen LogP contribution in [0.5, 0.6) is 0 Å². The highest BCUT2D eigenvalue weighted by Gasteiger charge is 1.65. The summed E-state index contributed by atoms with van der Waals surface area (Å²) in [5, 5.41) is 21.2. The summed E-state index contributed by atoms with van der Waals surface area (Å²) in [6, 6.07) is 0. The number of aliphatic carboxylic acids is 1. The van der Waals surface area contributed by atoms with E-state index in [1.807, 2.05) is 0 Å². The van der Waals surface area contributed by atoms with Gasteiger partial charge in [-0.3, -0.25) is 10.2 Å². The molecule has 1 radical (unpaired) electrons. The predicted octanol–water partition coefficient (Wildman–Crippen LogP) is -1.78.